The monoisotopic (exact) mass is 366 g/mol. The van der Waals surface area contributed by atoms with E-state index in [4.69, 9.17) is 0 Å². The molecule has 1 aromatic carbocycles. The number of carbonyl (C=O) groups is 1. The second-order valence-corrected chi connectivity index (χ2v) is 6.86. The maximum absolute atomic E-state index is 12.5. The highest BCUT2D eigenvalue weighted by Gasteiger charge is 2.23. The molecule has 7 heteroatoms. The van der Waals surface area contributed by atoms with E-state index >= 15 is 0 Å². The highest BCUT2D eigenvalue weighted by Crippen LogP contribution is 2.13. The number of nitrogens with one attached hydrogen (secondary N) is 1. The number of amides is 1. The van der Waals surface area contributed by atoms with Gasteiger partial charge in [-0.05, 0) is 38.2 Å². The van der Waals surface area contributed by atoms with Crippen LogP contribution in [0.15, 0.2) is 39.9 Å². The molecule has 1 aliphatic heterocycles. The van der Waals surface area contributed by atoms with Crippen LogP contribution in [0.3, 0.4) is 0 Å². The molecular weight excluding hydrogens is 344 g/mol. The molecule has 1 atom stereocenters. The third-order valence-corrected chi connectivity index (χ3v) is 4.86. The van der Waals surface area contributed by atoms with Gasteiger partial charge < -0.3 is 5.32 Å². The third kappa shape index (κ3) is 4.00. The lowest BCUT2D eigenvalue weighted by atomic mass is 10.1. The highest BCUT2D eigenvalue weighted by atomic mass is 16.2. The van der Waals surface area contributed by atoms with Gasteiger partial charge in [0.25, 0.3) is 5.56 Å². The third-order valence-electron chi connectivity index (χ3n) is 4.86. The zero-order valence-corrected chi connectivity index (χ0v) is 15.3. The molecule has 2 aromatic rings. The fraction of sp³-hybridized carbons (Fsp3) is 0.400. The second-order valence-electron chi connectivity index (χ2n) is 6.86. The van der Waals surface area contributed by atoms with Crippen molar-refractivity contribution in [2.75, 3.05) is 0 Å². The average Bonchev–Trinajstić information content (AvgIpc) is 3.14. The summed E-state index contributed by atoms with van der Waals surface area (Å²) in [5, 5.41) is 12.1. The van der Waals surface area contributed by atoms with Crippen LogP contribution in [0.25, 0.3) is 0 Å². The van der Waals surface area contributed by atoms with Gasteiger partial charge in [-0.2, -0.15) is 5.26 Å². The largest absolute Gasteiger partial charge is 0.352 e. The minimum Gasteiger partial charge on any atom is -0.352 e. The summed E-state index contributed by atoms with van der Waals surface area (Å²) in [5.41, 5.74) is 0.448. The van der Waals surface area contributed by atoms with Crippen LogP contribution in [0, 0.1) is 11.3 Å². The lowest BCUT2D eigenvalue weighted by Gasteiger charge is -2.15. The minimum absolute atomic E-state index is 0.0305. The molecule has 1 amide bonds. The fourth-order valence-corrected chi connectivity index (χ4v) is 3.45. The molecule has 1 aliphatic rings. The molecule has 27 heavy (non-hydrogen) atoms. The van der Waals surface area contributed by atoms with Gasteiger partial charge >= 0.3 is 5.69 Å². The van der Waals surface area contributed by atoms with Crippen LogP contribution < -0.4 is 16.6 Å². The highest BCUT2D eigenvalue weighted by molar-refractivity contribution is 5.76. The van der Waals surface area contributed by atoms with Crippen molar-refractivity contribution in [1.29, 1.82) is 5.26 Å². The zero-order chi connectivity index (χ0) is 19.4. The summed E-state index contributed by atoms with van der Waals surface area (Å²) < 4.78 is 2.30. The molecule has 0 radical (unpaired) electrons. The Kier molecular flexibility index (Phi) is 5.55. The molecule has 3 rings (SSSR count). The van der Waals surface area contributed by atoms with Crippen LogP contribution in [-0.2, 0) is 30.7 Å². The van der Waals surface area contributed by atoms with E-state index in [-0.39, 0.29) is 18.2 Å². The molecule has 7 nitrogen and oxygen atoms in total. The maximum atomic E-state index is 12.5. The molecule has 0 fully saturated rings. The topological polar surface area (TPSA) is 96.9 Å². The van der Waals surface area contributed by atoms with E-state index in [9.17, 15) is 19.6 Å². The Morgan fingerprint density at radius 1 is 1.30 bits per heavy atom. The molecule has 0 saturated carbocycles. The van der Waals surface area contributed by atoms with Gasteiger partial charge in [0.15, 0.2) is 0 Å². The van der Waals surface area contributed by atoms with Crippen LogP contribution in [0.1, 0.15) is 36.6 Å². The van der Waals surface area contributed by atoms with Crippen molar-refractivity contribution in [2.24, 2.45) is 0 Å². The lowest BCUT2D eigenvalue weighted by Crippen LogP contribution is -2.46. The summed E-state index contributed by atoms with van der Waals surface area (Å²) in [4.78, 5) is 37.3. The first kappa shape index (κ1) is 18.6. The Morgan fingerprint density at radius 2 is 2.04 bits per heavy atom. The van der Waals surface area contributed by atoms with Crippen LogP contribution in [-0.4, -0.2) is 21.1 Å². The van der Waals surface area contributed by atoms with E-state index in [1.807, 2.05) is 43.3 Å². The first-order valence-corrected chi connectivity index (χ1v) is 9.11. The van der Waals surface area contributed by atoms with E-state index < -0.39 is 17.2 Å². The van der Waals surface area contributed by atoms with Gasteiger partial charge in [0.05, 0.1) is 0 Å². The Bertz CT molecular complexity index is 999. The van der Waals surface area contributed by atoms with Gasteiger partial charge in [-0.3, -0.25) is 14.2 Å². The number of rotatable bonds is 6. The van der Waals surface area contributed by atoms with Crippen molar-refractivity contribution in [1.82, 2.24) is 14.5 Å². The molecule has 0 aliphatic carbocycles. The summed E-state index contributed by atoms with van der Waals surface area (Å²) in [6.07, 6.45) is 2.83. The number of aromatic nitrogens is 2. The number of fused-ring (bicyclic) bond motifs is 1. The van der Waals surface area contributed by atoms with Gasteiger partial charge in [0.2, 0.25) is 5.91 Å². The smallest absolute Gasteiger partial charge is 0.331 e. The van der Waals surface area contributed by atoms with Crippen molar-refractivity contribution in [3.05, 3.63) is 68.0 Å². The SMILES string of the molecule is CC(CCc1ccccc1)NC(=O)Cn1c(=O)c(C#N)c2n(c1=O)CCC2. The summed E-state index contributed by atoms with van der Waals surface area (Å²) >= 11 is 0. The number of carbonyl (C=O) groups excluding carboxylic acids is 1. The van der Waals surface area contributed by atoms with E-state index in [1.54, 1.807) is 0 Å². The Labute approximate surface area is 156 Å². The molecule has 0 saturated heterocycles. The van der Waals surface area contributed by atoms with Gasteiger partial charge in [-0.1, -0.05) is 30.3 Å². The van der Waals surface area contributed by atoms with E-state index in [0.29, 0.717) is 18.7 Å². The fourth-order valence-electron chi connectivity index (χ4n) is 3.45. The number of nitrogens with zero attached hydrogens (tertiary/aromatic N) is 3. The molecule has 1 unspecified atom stereocenters. The maximum Gasteiger partial charge on any atom is 0.331 e. The summed E-state index contributed by atoms with van der Waals surface area (Å²) in [7, 11) is 0. The summed E-state index contributed by atoms with van der Waals surface area (Å²) in [6.45, 7) is 1.99. The molecule has 1 N–H and O–H groups in total. The van der Waals surface area contributed by atoms with Crippen LogP contribution in [0.2, 0.25) is 0 Å². The Balaban J connectivity index is 1.69. The molecule has 0 bridgehead atoms. The quantitative estimate of drug-likeness (QED) is 0.824. The van der Waals surface area contributed by atoms with Crippen molar-refractivity contribution < 1.29 is 4.79 Å². The van der Waals surface area contributed by atoms with Gasteiger partial charge in [-0.25, -0.2) is 9.36 Å². The van der Waals surface area contributed by atoms with Crippen LogP contribution in [0.5, 0.6) is 0 Å². The Hall–Kier alpha value is -3.14. The first-order valence-electron chi connectivity index (χ1n) is 9.11. The first-order chi connectivity index (χ1) is 13.0. The molecule has 1 aromatic heterocycles. The summed E-state index contributed by atoms with van der Waals surface area (Å²) in [6, 6.07) is 11.8. The van der Waals surface area contributed by atoms with Crippen LogP contribution in [0.4, 0.5) is 0 Å². The molecule has 0 spiro atoms. The van der Waals surface area contributed by atoms with Crippen molar-refractivity contribution >= 4 is 5.91 Å². The predicted octanol–water partition coefficient (Wildman–Crippen LogP) is 0.965. The van der Waals surface area contributed by atoms with E-state index in [2.05, 4.69) is 5.32 Å². The van der Waals surface area contributed by atoms with Gasteiger partial charge in [-0.15, -0.1) is 0 Å². The van der Waals surface area contributed by atoms with Gasteiger partial charge in [0, 0.05) is 18.3 Å². The minimum atomic E-state index is -0.678. The number of nitriles is 1. The summed E-state index contributed by atoms with van der Waals surface area (Å²) in [5.74, 6) is -0.405. The zero-order valence-electron chi connectivity index (χ0n) is 15.3. The number of aryl methyl sites for hydroxylation is 1. The number of benzene rings is 1. The van der Waals surface area contributed by atoms with E-state index in [0.717, 1.165) is 23.8 Å². The average molecular weight is 366 g/mol. The van der Waals surface area contributed by atoms with E-state index in [1.165, 1.54) is 10.1 Å². The molecule has 140 valence electrons. The lowest BCUT2D eigenvalue weighted by molar-refractivity contribution is -0.122. The predicted molar refractivity (Wildman–Crippen MR) is 100 cm³/mol. The normalized spacial score (nSPS) is 13.6. The standard InChI is InChI=1S/C20H22N4O3/c1-14(9-10-15-6-3-2-4-7-15)22-18(25)13-24-19(26)16(12-21)17-8-5-11-23(17)20(24)27/h2-4,6-7,14H,5,8-11,13H2,1H3,(H,22,25). The second kappa shape index (κ2) is 8.04. The number of hydrogen-bond donors (Lipinski definition) is 1. The van der Waals surface area contributed by atoms with Gasteiger partial charge in [0.1, 0.15) is 18.2 Å². The Morgan fingerprint density at radius 3 is 2.74 bits per heavy atom. The molecular formula is C20H22N4O3. The van der Waals surface area contributed by atoms with Crippen LogP contribution >= 0.6 is 0 Å². The molecule has 2 heterocycles. The van der Waals surface area contributed by atoms with Crippen molar-refractivity contribution in [3.8, 4) is 6.07 Å². The number of hydrogen-bond acceptors (Lipinski definition) is 4. The van der Waals surface area contributed by atoms with Crippen molar-refractivity contribution in [3.63, 3.8) is 0 Å². The van der Waals surface area contributed by atoms with Crippen molar-refractivity contribution in [2.45, 2.75) is 51.7 Å².